The summed E-state index contributed by atoms with van der Waals surface area (Å²) in [7, 11) is 0. The summed E-state index contributed by atoms with van der Waals surface area (Å²) in [6.45, 7) is 1.79. The average molecular weight is 258 g/mol. The van der Waals surface area contributed by atoms with Crippen molar-refractivity contribution in [2.24, 2.45) is 0 Å². The summed E-state index contributed by atoms with van der Waals surface area (Å²) >= 11 is 1.38. The summed E-state index contributed by atoms with van der Waals surface area (Å²) in [6, 6.07) is 12.9. The number of benzene rings is 1. The van der Waals surface area contributed by atoms with Gasteiger partial charge in [-0.25, -0.2) is 0 Å². The Labute approximate surface area is 110 Å². The number of Topliss-reactive ketones (excluding diaryl/α,β-unsaturated/α-hetero) is 2. The van der Waals surface area contributed by atoms with Crippen molar-refractivity contribution in [1.82, 2.24) is 0 Å². The highest BCUT2D eigenvalue weighted by molar-refractivity contribution is 7.12. The van der Waals surface area contributed by atoms with Gasteiger partial charge in [0.05, 0.1) is 4.88 Å². The lowest BCUT2D eigenvalue weighted by Crippen LogP contribution is -2.20. The molecule has 18 heavy (non-hydrogen) atoms. The van der Waals surface area contributed by atoms with E-state index >= 15 is 0 Å². The van der Waals surface area contributed by atoms with Crippen LogP contribution in [0.2, 0.25) is 0 Å². The van der Waals surface area contributed by atoms with Crippen molar-refractivity contribution in [1.29, 1.82) is 0 Å². The molecule has 0 spiro atoms. The van der Waals surface area contributed by atoms with Crippen LogP contribution in [0.15, 0.2) is 47.8 Å². The Morgan fingerprint density at radius 2 is 1.83 bits per heavy atom. The number of hydrogen-bond acceptors (Lipinski definition) is 3. The maximum atomic E-state index is 12.4. The van der Waals surface area contributed by atoms with Gasteiger partial charge in [-0.05, 0) is 17.0 Å². The normalized spacial score (nSPS) is 12.1. The number of hydrogen-bond donors (Lipinski definition) is 0. The van der Waals surface area contributed by atoms with Gasteiger partial charge in [-0.2, -0.15) is 0 Å². The lowest BCUT2D eigenvalue weighted by molar-refractivity contribution is -0.119. The van der Waals surface area contributed by atoms with Gasteiger partial charge in [0.2, 0.25) is 0 Å². The third kappa shape index (κ3) is 2.57. The zero-order valence-electron chi connectivity index (χ0n) is 10.1. The van der Waals surface area contributed by atoms with E-state index in [2.05, 4.69) is 0 Å². The molecule has 3 heteroatoms. The molecule has 1 atom stereocenters. The Kier molecular flexibility index (Phi) is 4.05. The molecule has 0 fully saturated rings. The Hall–Kier alpha value is -1.74. The van der Waals surface area contributed by atoms with E-state index in [0.717, 1.165) is 5.56 Å². The number of thiophene rings is 1. The molecule has 1 heterocycles. The minimum atomic E-state index is -0.658. The molecule has 92 valence electrons. The Morgan fingerprint density at radius 1 is 1.11 bits per heavy atom. The third-order valence-corrected chi connectivity index (χ3v) is 3.71. The van der Waals surface area contributed by atoms with Crippen molar-refractivity contribution in [3.05, 3.63) is 58.3 Å². The van der Waals surface area contributed by atoms with E-state index < -0.39 is 5.92 Å². The molecule has 0 bridgehead atoms. The van der Waals surface area contributed by atoms with Crippen LogP contribution in [0.25, 0.3) is 0 Å². The molecular weight excluding hydrogens is 244 g/mol. The maximum absolute atomic E-state index is 12.4. The van der Waals surface area contributed by atoms with Crippen molar-refractivity contribution >= 4 is 22.9 Å². The van der Waals surface area contributed by atoms with Gasteiger partial charge in [0, 0.05) is 6.42 Å². The van der Waals surface area contributed by atoms with Gasteiger partial charge >= 0.3 is 0 Å². The van der Waals surface area contributed by atoms with Gasteiger partial charge < -0.3 is 0 Å². The van der Waals surface area contributed by atoms with Crippen molar-refractivity contribution in [2.45, 2.75) is 19.3 Å². The van der Waals surface area contributed by atoms with Crippen LogP contribution in [0.5, 0.6) is 0 Å². The van der Waals surface area contributed by atoms with Gasteiger partial charge in [-0.1, -0.05) is 43.3 Å². The third-order valence-electron chi connectivity index (χ3n) is 2.83. The van der Waals surface area contributed by atoms with E-state index in [-0.39, 0.29) is 11.6 Å². The summed E-state index contributed by atoms with van der Waals surface area (Å²) in [5.41, 5.74) is 0.780. The molecule has 0 aliphatic carbocycles. The summed E-state index contributed by atoms with van der Waals surface area (Å²) in [6.07, 6.45) is 0.372. The molecule has 0 radical (unpaired) electrons. The molecule has 0 aliphatic rings. The minimum absolute atomic E-state index is 0.0281. The molecule has 1 aromatic carbocycles. The molecule has 1 unspecified atom stereocenters. The number of carbonyl (C=O) groups is 2. The van der Waals surface area contributed by atoms with Crippen molar-refractivity contribution < 1.29 is 9.59 Å². The topological polar surface area (TPSA) is 34.1 Å². The SMILES string of the molecule is CCC(=O)C(C(=O)c1cccs1)c1ccccc1. The van der Waals surface area contributed by atoms with Crippen LogP contribution in [0.3, 0.4) is 0 Å². The average Bonchev–Trinajstić information content (AvgIpc) is 2.94. The molecule has 0 saturated heterocycles. The van der Waals surface area contributed by atoms with Crippen molar-refractivity contribution in [2.75, 3.05) is 0 Å². The van der Waals surface area contributed by atoms with Gasteiger partial charge in [0.15, 0.2) is 5.78 Å². The van der Waals surface area contributed by atoms with E-state index in [1.54, 1.807) is 13.0 Å². The second-order valence-electron chi connectivity index (χ2n) is 4.01. The predicted octanol–water partition coefficient (Wildman–Crippen LogP) is 3.69. The van der Waals surface area contributed by atoms with Crippen LogP contribution in [0.1, 0.15) is 34.5 Å². The van der Waals surface area contributed by atoms with Gasteiger partial charge in [-0.15, -0.1) is 11.3 Å². The molecule has 1 aromatic heterocycles. The van der Waals surface area contributed by atoms with Gasteiger partial charge in [0.1, 0.15) is 11.7 Å². The smallest absolute Gasteiger partial charge is 0.187 e. The van der Waals surface area contributed by atoms with Crippen LogP contribution in [0.4, 0.5) is 0 Å². The van der Waals surface area contributed by atoms with E-state index in [9.17, 15) is 9.59 Å². The van der Waals surface area contributed by atoms with Gasteiger partial charge in [-0.3, -0.25) is 9.59 Å². The lowest BCUT2D eigenvalue weighted by atomic mass is 9.89. The quantitative estimate of drug-likeness (QED) is 0.605. The zero-order valence-corrected chi connectivity index (χ0v) is 10.9. The van der Waals surface area contributed by atoms with Crippen molar-refractivity contribution in [3.63, 3.8) is 0 Å². The number of ketones is 2. The largest absolute Gasteiger partial charge is 0.299 e. The van der Waals surface area contributed by atoms with Crippen molar-refractivity contribution in [3.8, 4) is 0 Å². The summed E-state index contributed by atoms with van der Waals surface area (Å²) < 4.78 is 0. The van der Waals surface area contributed by atoms with Gasteiger partial charge in [0.25, 0.3) is 0 Å². The number of rotatable bonds is 5. The fourth-order valence-electron chi connectivity index (χ4n) is 1.89. The second kappa shape index (κ2) is 5.74. The number of carbonyl (C=O) groups excluding carboxylic acids is 2. The van der Waals surface area contributed by atoms with E-state index in [0.29, 0.717) is 11.3 Å². The lowest BCUT2D eigenvalue weighted by Gasteiger charge is -2.13. The molecule has 0 saturated carbocycles. The fraction of sp³-hybridized carbons (Fsp3) is 0.200. The molecule has 2 rings (SSSR count). The fourth-order valence-corrected chi connectivity index (χ4v) is 2.59. The molecule has 0 amide bonds. The molecule has 0 N–H and O–H groups in total. The standard InChI is InChI=1S/C15H14O2S/c1-2-12(16)14(11-7-4-3-5-8-11)15(17)13-9-6-10-18-13/h3-10,14H,2H2,1H3. The highest BCUT2D eigenvalue weighted by atomic mass is 32.1. The molecular formula is C15H14O2S. The molecule has 2 aromatic rings. The highest BCUT2D eigenvalue weighted by Crippen LogP contribution is 2.25. The highest BCUT2D eigenvalue weighted by Gasteiger charge is 2.28. The van der Waals surface area contributed by atoms with E-state index in [1.165, 1.54) is 11.3 Å². The summed E-state index contributed by atoms with van der Waals surface area (Å²) in [5.74, 6) is -0.780. The summed E-state index contributed by atoms with van der Waals surface area (Å²) in [5, 5.41) is 1.85. The maximum Gasteiger partial charge on any atom is 0.187 e. The second-order valence-corrected chi connectivity index (χ2v) is 4.95. The van der Waals surface area contributed by atoms with E-state index in [1.807, 2.05) is 41.8 Å². The Balaban J connectivity index is 2.38. The van der Waals surface area contributed by atoms with E-state index in [4.69, 9.17) is 0 Å². The predicted molar refractivity (Wildman–Crippen MR) is 73.1 cm³/mol. The summed E-state index contributed by atoms with van der Waals surface area (Å²) in [4.78, 5) is 25.1. The first-order chi connectivity index (χ1) is 8.74. The first-order valence-electron chi connectivity index (χ1n) is 5.89. The monoisotopic (exact) mass is 258 g/mol. The zero-order chi connectivity index (χ0) is 13.0. The Bertz CT molecular complexity index is 529. The van der Waals surface area contributed by atoms with Crippen LogP contribution < -0.4 is 0 Å². The van der Waals surface area contributed by atoms with Crippen LogP contribution in [-0.4, -0.2) is 11.6 Å². The van der Waals surface area contributed by atoms with Crippen LogP contribution in [-0.2, 0) is 4.79 Å². The minimum Gasteiger partial charge on any atom is -0.299 e. The Morgan fingerprint density at radius 3 is 2.39 bits per heavy atom. The first-order valence-corrected chi connectivity index (χ1v) is 6.77. The van der Waals surface area contributed by atoms with Crippen LogP contribution >= 0.6 is 11.3 Å². The van der Waals surface area contributed by atoms with Crippen LogP contribution in [0, 0.1) is 0 Å². The molecule has 0 aliphatic heterocycles. The molecule has 2 nitrogen and oxygen atoms in total. The first kappa shape index (κ1) is 12.7.